The Bertz CT molecular complexity index is 62.7. The van der Waals surface area contributed by atoms with Crippen LogP contribution < -0.4 is 0 Å². The topological polar surface area (TPSA) is 41.8 Å². The second kappa shape index (κ2) is 3.61. The summed E-state index contributed by atoms with van der Waals surface area (Å²) in [6.45, 7) is 1.78. The standard InChI is InChI=1S/C4H9NO2/c1-4(7-2)3-5-6/h3-4,6H,1-2H3. The molecule has 0 aliphatic carbocycles. The predicted molar refractivity (Wildman–Crippen MR) is 26.7 cm³/mol. The largest absolute Gasteiger partial charge is 0.411 e. The Morgan fingerprint density at radius 3 is 2.57 bits per heavy atom. The maximum absolute atomic E-state index is 7.86. The van der Waals surface area contributed by atoms with E-state index in [0.717, 1.165) is 0 Å². The van der Waals surface area contributed by atoms with Gasteiger partial charge < -0.3 is 9.94 Å². The monoisotopic (exact) mass is 103 g/mol. The molecule has 7 heavy (non-hydrogen) atoms. The molecule has 3 nitrogen and oxygen atoms in total. The first-order chi connectivity index (χ1) is 3.31. The molecule has 0 aromatic rings. The Balaban J connectivity index is 3.16. The van der Waals surface area contributed by atoms with E-state index in [4.69, 9.17) is 5.21 Å². The van der Waals surface area contributed by atoms with E-state index in [0.29, 0.717) is 0 Å². The summed E-state index contributed by atoms with van der Waals surface area (Å²) in [7, 11) is 1.55. The number of oxime groups is 1. The Morgan fingerprint density at radius 1 is 1.86 bits per heavy atom. The molecule has 42 valence electrons. The van der Waals surface area contributed by atoms with Crippen molar-refractivity contribution in [3.05, 3.63) is 0 Å². The van der Waals surface area contributed by atoms with Crippen molar-refractivity contribution in [1.82, 2.24) is 0 Å². The van der Waals surface area contributed by atoms with Gasteiger partial charge in [0.1, 0.15) is 0 Å². The lowest BCUT2D eigenvalue weighted by Crippen LogP contribution is -2.04. The third kappa shape index (κ3) is 3.26. The molecule has 0 saturated carbocycles. The van der Waals surface area contributed by atoms with Crippen molar-refractivity contribution < 1.29 is 9.94 Å². The lowest BCUT2D eigenvalue weighted by atomic mass is 10.5. The summed E-state index contributed by atoms with van der Waals surface area (Å²) in [4.78, 5) is 0. The second-order valence-electron chi connectivity index (χ2n) is 1.21. The van der Waals surface area contributed by atoms with Crippen molar-refractivity contribution >= 4 is 6.21 Å². The molecular formula is C4H9NO2. The fraction of sp³-hybridized carbons (Fsp3) is 0.750. The number of ether oxygens (including phenoxy) is 1. The van der Waals surface area contributed by atoms with Crippen LogP contribution in [0.2, 0.25) is 0 Å². The van der Waals surface area contributed by atoms with Crippen molar-refractivity contribution in [3.8, 4) is 0 Å². The van der Waals surface area contributed by atoms with E-state index in [9.17, 15) is 0 Å². The maximum Gasteiger partial charge on any atom is 0.0927 e. The Labute approximate surface area is 42.6 Å². The molecule has 0 heterocycles. The molecule has 0 fully saturated rings. The average molecular weight is 103 g/mol. The van der Waals surface area contributed by atoms with E-state index in [2.05, 4.69) is 9.89 Å². The van der Waals surface area contributed by atoms with Gasteiger partial charge in [-0.25, -0.2) is 0 Å². The molecule has 0 aromatic heterocycles. The summed E-state index contributed by atoms with van der Waals surface area (Å²) < 4.78 is 4.68. The van der Waals surface area contributed by atoms with E-state index in [1.54, 1.807) is 14.0 Å². The molecule has 0 radical (unpaired) electrons. The Hall–Kier alpha value is -0.570. The highest BCUT2D eigenvalue weighted by Gasteiger charge is 1.88. The first-order valence-electron chi connectivity index (χ1n) is 2.01. The molecule has 0 bridgehead atoms. The van der Waals surface area contributed by atoms with Crippen molar-refractivity contribution in [2.45, 2.75) is 13.0 Å². The summed E-state index contributed by atoms with van der Waals surface area (Å²) in [5.74, 6) is 0. The zero-order chi connectivity index (χ0) is 5.70. The van der Waals surface area contributed by atoms with Gasteiger partial charge in [0.25, 0.3) is 0 Å². The lowest BCUT2D eigenvalue weighted by molar-refractivity contribution is 0.170. The zero-order valence-corrected chi connectivity index (χ0v) is 4.46. The predicted octanol–water partition coefficient (Wildman–Crippen LogP) is 0.481. The fourth-order valence-electron chi connectivity index (χ4n) is 0.155. The number of nitrogens with zero attached hydrogens (tertiary/aromatic N) is 1. The van der Waals surface area contributed by atoms with Crippen LogP contribution in [0.4, 0.5) is 0 Å². The van der Waals surface area contributed by atoms with Gasteiger partial charge in [-0.15, -0.1) is 0 Å². The van der Waals surface area contributed by atoms with Crippen LogP contribution in [0, 0.1) is 0 Å². The summed E-state index contributed by atoms with van der Waals surface area (Å²) >= 11 is 0. The molecule has 0 aliphatic rings. The Morgan fingerprint density at radius 2 is 2.43 bits per heavy atom. The third-order valence-electron chi connectivity index (χ3n) is 0.648. The van der Waals surface area contributed by atoms with Gasteiger partial charge in [0.2, 0.25) is 0 Å². The van der Waals surface area contributed by atoms with E-state index in [-0.39, 0.29) is 6.10 Å². The highest BCUT2D eigenvalue weighted by atomic mass is 16.5. The minimum absolute atomic E-state index is 0.0926. The third-order valence-corrected chi connectivity index (χ3v) is 0.648. The van der Waals surface area contributed by atoms with Crippen molar-refractivity contribution in [2.24, 2.45) is 5.16 Å². The summed E-state index contributed by atoms with van der Waals surface area (Å²) in [6, 6.07) is 0. The molecule has 0 amide bonds. The summed E-state index contributed by atoms with van der Waals surface area (Å²) in [5, 5.41) is 10.6. The van der Waals surface area contributed by atoms with Gasteiger partial charge in [-0.2, -0.15) is 0 Å². The van der Waals surface area contributed by atoms with Gasteiger partial charge in [0.15, 0.2) is 0 Å². The fourth-order valence-corrected chi connectivity index (χ4v) is 0.155. The van der Waals surface area contributed by atoms with E-state index in [1.807, 2.05) is 0 Å². The van der Waals surface area contributed by atoms with Gasteiger partial charge in [0.05, 0.1) is 12.3 Å². The molecule has 0 saturated heterocycles. The normalized spacial score (nSPS) is 15.1. The smallest absolute Gasteiger partial charge is 0.0927 e. The summed E-state index contributed by atoms with van der Waals surface area (Å²) in [6.07, 6.45) is 1.21. The number of hydrogen-bond acceptors (Lipinski definition) is 3. The number of hydrogen-bond donors (Lipinski definition) is 1. The number of rotatable bonds is 2. The van der Waals surface area contributed by atoms with Crippen LogP contribution in [-0.4, -0.2) is 24.6 Å². The molecular weight excluding hydrogens is 94.0 g/mol. The average Bonchev–Trinajstić information content (AvgIpc) is 1.68. The minimum Gasteiger partial charge on any atom is -0.411 e. The van der Waals surface area contributed by atoms with Crippen LogP contribution in [0.3, 0.4) is 0 Å². The van der Waals surface area contributed by atoms with Crippen LogP contribution in [0.15, 0.2) is 5.16 Å². The number of methoxy groups -OCH3 is 1. The molecule has 0 aromatic carbocycles. The Kier molecular flexibility index (Phi) is 3.32. The second-order valence-corrected chi connectivity index (χ2v) is 1.21. The van der Waals surface area contributed by atoms with E-state index < -0.39 is 0 Å². The first kappa shape index (κ1) is 6.43. The van der Waals surface area contributed by atoms with Gasteiger partial charge in [-0.1, -0.05) is 5.16 Å². The van der Waals surface area contributed by atoms with Gasteiger partial charge in [-0.05, 0) is 6.92 Å². The lowest BCUT2D eigenvalue weighted by Gasteiger charge is -1.96. The quantitative estimate of drug-likeness (QED) is 0.314. The van der Waals surface area contributed by atoms with Crippen LogP contribution in [0.1, 0.15) is 6.92 Å². The van der Waals surface area contributed by atoms with Crippen LogP contribution >= 0.6 is 0 Å². The minimum atomic E-state index is -0.0926. The molecule has 1 atom stereocenters. The van der Waals surface area contributed by atoms with Gasteiger partial charge in [-0.3, -0.25) is 0 Å². The van der Waals surface area contributed by atoms with Crippen molar-refractivity contribution in [1.29, 1.82) is 0 Å². The van der Waals surface area contributed by atoms with Crippen molar-refractivity contribution in [3.63, 3.8) is 0 Å². The molecule has 0 spiro atoms. The van der Waals surface area contributed by atoms with Crippen LogP contribution in [0.25, 0.3) is 0 Å². The van der Waals surface area contributed by atoms with Crippen LogP contribution in [-0.2, 0) is 4.74 Å². The first-order valence-corrected chi connectivity index (χ1v) is 2.01. The molecule has 3 heteroatoms. The zero-order valence-electron chi connectivity index (χ0n) is 4.46. The molecule has 1 N–H and O–H groups in total. The van der Waals surface area contributed by atoms with Gasteiger partial charge >= 0.3 is 0 Å². The molecule has 0 rings (SSSR count). The van der Waals surface area contributed by atoms with E-state index >= 15 is 0 Å². The SMILES string of the molecule is COC(C)C=NO. The maximum atomic E-state index is 7.86. The van der Waals surface area contributed by atoms with Crippen molar-refractivity contribution in [2.75, 3.05) is 7.11 Å². The highest BCUT2D eigenvalue weighted by molar-refractivity contribution is 5.61. The van der Waals surface area contributed by atoms with Crippen LogP contribution in [0.5, 0.6) is 0 Å². The van der Waals surface area contributed by atoms with E-state index in [1.165, 1.54) is 6.21 Å². The highest BCUT2D eigenvalue weighted by Crippen LogP contribution is 1.78. The molecule has 0 aliphatic heterocycles. The molecule has 1 unspecified atom stereocenters. The van der Waals surface area contributed by atoms with Gasteiger partial charge in [0, 0.05) is 7.11 Å². The summed E-state index contributed by atoms with van der Waals surface area (Å²) in [5.41, 5.74) is 0.